The summed E-state index contributed by atoms with van der Waals surface area (Å²) in [5.41, 5.74) is 1.31. The largest absolute Gasteiger partial charge is 0.454 e. The molecule has 2 atom stereocenters. The van der Waals surface area contributed by atoms with Gasteiger partial charge in [0.25, 0.3) is 0 Å². The summed E-state index contributed by atoms with van der Waals surface area (Å²) in [6.07, 6.45) is 3.21. The van der Waals surface area contributed by atoms with E-state index in [1.54, 1.807) is 36.4 Å². The maximum absolute atomic E-state index is 15.4. The van der Waals surface area contributed by atoms with Crippen molar-refractivity contribution in [1.29, 1.82) is 5.26 Å². The Morgan fingerprint density at radius 1 is 1.03 bits per heavy atom. The Kier molecular flexibility index (Phi) is 6.34. The van der Waals surface area contributed by atoms with Crippen LogP contribution in [0.2, 0.25) is 5.02 Å². The minimum Gasteiger partial charge on any atom is -0.454 e. The third-order valence-corrected chi connectivity index (χ3v) is 5.62. The molecule has 1 aliphatic carbocycles. The lowest BCUT2D eigenvalue weighted by Gasteiger charge is -2.17. The minimum absolute atomic E-state index is 0.00537. The van der Waals surface area contributed by atoms with E-state index in [-0.39, 0.29) is 17.5 Å². The molecule has 0 aliphatic heterocycles. The third-order valence-electron chi connectivity index (χ3n) is 5.37. The highest BCUT2D eigenvalue weighted by Crippen LogP contribution is 2.47. The van der Waals surface area contributed by atoms with Crippen LogP contribution in [0.3, 0.4) is 0 Å². The number of para-hydroxylation sites is 1. The maximum atomic E-state index is 15.4. The molecule has 3 aromatic rings. The first-order valence-electron chi connectivity index (χ1n) is 10.1. The lowest BCUT2D eigenvalue weighted by molar-refractivity contribution is 0.441. The molecule has 1 aliphatic rings. The van der Waals surface area contributed by atoms with Crippen LogP contribution in [0.4, 0.5) is 8.78 Å². The Labute approximate surface area is 185 Å². The van der Waals surface area contributed by atoms with Crippen LogP contribution in [-0.4, -0.2) is 0 Å². The van der Waals surface area contributed by atoms with Crippen molar-refractivity contribution in [2.75, 3.05) is 0 Å². The number of hydrogen-bond donors (Lipinski definition) is 0. The molecule has 0 spiro atoms. The molecule has 0 aromatic heterocycles. The minimum atomic E-state index is -0.868. The van der Waals surface area contributed by atoms with Crippen LogP contribution in [0.5, 0.6) is 11.5 Å². The highest BCUT2D eigenvalue weighted by molar-refractivity contribution is 6.30. The van der Waals surface area contributed by atoms with Gasteiger partial charge in [-0.3, -0.25) is 0 Å². The Bertz CT molecular complexity index is 1120. The number of allylic oxidation sites excluding steroid dienone is 2. The van der Waals surface area contributed by atoms with Gasteiger partial charge in [0.1, 0.15) is 11.6 Å². The topological polar surface area (TPSA) is 33.0 Å². The van der Waals surface area contributed by atoms with E-state index in [0.29, 0.717) is 16.3 Å². The number of nitrogens with zero attached hydrogens (tertiary/aromatic N) is 1. The van der Waals surface area contributed by atoms with Gasteiger partial charge in [-0.25, -0.2) is 8.78 Å². The summed E-state index contributed by atoms with van der Waals surface area (Å²) in [5.74, 6) is -1.50. The zero-order valence-corrected chi connectivity index (χ0v) is 17.4. The van der Waals surface area contributed by atoms with Crippen molar-refractivity contribution in [3.05, 3.63) is 107 Å². The highest BCUT2D eigenvalue weighted by Gasteiger charge is 2.35. The summed E-state index contributed by atoms with van der Waals surface area (Å²) in [7, 11) is 0. The van der Waals surface area contributed by atoms with Crippen molar-refractivity contribution in [2.45, 2.75) is 24.7 Å². The Balaban J connectivity index is 1.62. The summed E-state index contributed by atoms with van der Waals surface area (Å²) in [5, 5.41) is 10.3. The molecule has 0 bridgehead atoms. The van der Waals surface area contributed by atoms with Crippen molar-refractivity contribution in [2.24, 2.45) is 5.92 Å². The first-order chi connectivity index (χ1) is 15.0. The van der Waals surface area contributed by atoms with Gasteiger partial charge in [0.05, 0.1) is 12.0 Å². The smallest absolute Gasteiger partial charge is 0.165 e. The standard InChI is InChI=1S/C26H20ClF2NO/c27-21-11-8-18(9-12-21)26(17-6-7-17)24(29)14-20(16-30)19-10-13-23(28)25(15-19)31-22-4-2-1-3-5-22/h1-5,8-15,17,20,26H,6-7H2/b24-14-. The molecular weight excluding hydrogens is 416 g/mol. The quantitative estimate of drug-likeness (QED) is 0.377. The van der Waals surface area contributed by atoms with Crippen molar-refractivity contribution >= 4 is 11.6 Å². The molecule has 2 nitrogen and oxygen atoms in total. The second-order valence-electron chi connectivity index (χ2n) is 7.63. The SMILES string of the molecule is N#CC(/C=C(\F)C(c1ccc(Cl)cc1)C1CC1)c1ccc(F)c(Oc2ccccc2)c1. The van der Waals surface area contributed by atoms with Crippen LogP contribution >= 0.6 is 11.6 Å². The van der Waals surface area contributed by atoms with E-state index in [1.807, 2.05) is 18.2 Å². The summed E-state index contributed by atoms with van der Waals surface area (Å²) >= 11 is 5.97. The van der Waals surface area contributed by atoms with E-state index in [9.17, 15) is 9.65 Å². The van der Waals surface area contributed by atoms with E-state index in [2.05, 4.69) is 6.07 Å². The van der Waals surface area contributed by atoms with Gasteiger partial charge in [0.2, 0.25) is 0 Å². The zero-order chi connectivity index (χ0) is 21.8. The number of rotatable bonds is 7. The van der Waals surface area contributed by atoms with Crippen molar-refractivity contribution in [1.82, 2.24) is 0 Å². The molecule has 3 aromatic carbocycles. The van der Waals surface area contributed by atoms with Gasteiger partial charge in [-0.1, -0.05) is 48.0 Å². The van der Waals surface area contributed by atoms with Gasteiger partial charge < -0.3 is 4.74 Å². The number of benzene rings is 3. The van der Waals surface area contributed by atoms with Crippen molar-refractivity contribution in [3.63, 3.8) is 0 Å². The summed E-state index contributed by atoms with van der Waals surface area (Å²) in [4.78, 5) is 0. The van der Waals surface area contributed by atoms with Crippen molar-refractivity contribution < 1.29 is 13.5 Å². The normalized spacial score (nSPS) is 15.7. The lowest BCUT2D eigenvalue weighted by atomic mass is 9.90. The molecule has 0 radical (unpaired) electrons. The van der Waals surface area contributed by atoms with Crippen LogP contribution in [-0.2, 0) is 0 Å². The second kappa shape index (κ2) is 9.32. The van der Waals surface area contributed by atoms with E-state index in [4.69, 9.17) is 16.3 Å². The fourth-order valence-corrected chi connectivity index (χ4v) is 3.76. The maximum Gasteiger partial charge on any atom is 0.165 e. The van der Waals surface area contributed by atoms with E-state index < -0.39 is 17.7 Å². The summed E-state index contributed by atoms with van der Waals surface area (Å²) < 4.78 is 35.3. The zero-order valence-electron chi connectivity index (χ0n) is 16.6. The molecule has 31 heavy (non-hydrogen) atoms. The fraction of sp³-hybridized carbons (Fsp3) is 0.192. The van der Waals surface area contributed by atoms with Crippen LogP contribution < -0.4 is 4.74 Å². The van der Waals surface area contributed by atoms with E-state index >= 15 is 4.39 Å². The third kappa shape index (κ3) is 5.13. The van der Waals surface area contributed by atoms with Gasteiger partial charge in [-0.15, -0.1) is 0 Å². The molecule has 2 unspecified atom stereocenters. The molecule has 0 amide bonds. The van der Waals surface area contributed by atoms with Gasteiger partial charge in [0, 0.05) is 10.9 Å². The van der Waals surface area contributed by atoms with Crippen LogP contribution in [0.25, 0.3) is 0 Å². The first-order valence-corrected chi connectivity index (χ1v) is 10.5. The average Bonchev–Trinajstić information content (AvgIpc) is 3.61. The van der Waals surface area contributed by atoms with Gasteiger partial charge >= 0.3 is 0 Å². The molecule has 0 heterocycles. The second-order valence-corrected chi connectivity index (χ2v) is 8.07. The van der Waals surface area contributed by atoms with Crippen LogP contribution in [0.1, 0.15) is 35.8 Å². The summed E-state index contributed by atoms with van der Waals surface area (Å²) in [6, 6.07) is 22.2. The van der Waals surface area contributed by atoms with E-state index in [0.717, 1.165) is 18.4 Å². The van der Waals surface area contributed by atoms with Gasteiger partial charge in [-0.05, 0) is 72.4 Å². The predicted octanol–water partition coefficient (Wildman–Crippen LogP) is 7.93. The number of halogens is 3. The molecule has 0 saturated heterocycles. The van der Waals surface area contributed by atoms with Crippen molar-refractivity contribution in [3.8, 4) is 17.6 Å². The van der Waals surface area contributed by atoms with E-state index in [1.165, 1.54) is 24.3 Å². The number of nitriles is 1. The Hall–Kier alpha value is -3.16. The van der Waals surface area contributed by atoms with Crippen LogP contribution in [0.15, 0.2) is 84.7 Å². The fourth-order valence-electron chi connectivity index (χ4n) is 3.63. The van der Waals surface area contributed by atoms with Gasteiger partial charge in [-0.2, -0.15) is 5.26 Å². The molecule has 4 rings (SSSR count). The predicted molar refractivity (Wildman–Crippen MR) is 117 cm³/mol. The molecule has 1 saturated carbocycles. The first kappa shape index (κ1) is 21.1. The number of ether oxygens (including phenoxy) is 1. The molecule has 5 heteroatoms. The average molecular weight is 436 g/mol. The summed E-state index contributed by atoms with van der Waals surface area (Å²) in [6.45, 7) is 0. The molecule has 1 fully saturated rings. The van der Waals surface area contributed by atoms with Crippen LogP contribution in [0, 0.1) is 23.1 Å². The number of hydrogen-bond acceptors (Lipinski definition) is 2. The molecular formula is C26H20ClF2NO. The Morgan fingerprint density at radius 2 is 1.71 bits per heavy atom. The monoisotopic (exact) mass is 435 g/mol. The highest BCUT2D eigenvalue weighted by atomic mass is 35.5. The Morgan fingerprint density at radius 3 is 2.35 bits per heavy atom. The van der Waals surface area contributed by atoms with Gasteiger partial charge in [0.15, 0.2) is 11.6 Å². The lowest BCUT2D eigenvalue weighted by Crippen LogP contribution is -2.04. The molecule has 156 valence electrons. The molecule has 0 N–H and O–H groups in total.